The van der Waals surface area contributed by atoms with Crippen molar-refractivity contribution in [2.24, 2.45) is 0 Å². The molecule has 0 aliphatic rings. The SMILES string of the molecule is Cc1ccc(C(=O)O)cc1NC(C)c1ccc(F)cc1Br. The van der Waals surface area contributed by atoms with Crippen LogP contribution in [0, 0.1) is 12.7 Å². The van der Waals surface area contributed by atoms with Crippen molar-refractivity contribution in [3.05, 3.63) is 63.4 Å². The van der Waals surface area contributed by atoms with Gasteiger partial charge in [0.05, 0.1) is 5.56 Å². The van der Waals surface area contributed by atoms with E-state index in [1.807, 2.05) is 13.8 Å². The molecule has 0 saturated heterocycles. The van der Waals surface area contributed by atoms with Gasteiger partial charge in [-0.3, -0.25) is 0 Å². The minimum Gasteiger partial charge on any atom is -0.478 e. The molecule has 0 heterocycles. The zero-order valence-electron chi connectivity index (χ0n) is 11.7. The summed E-state index contributed by atoms with van der Waals surface area (Å²) in [6, 6.07) is 9.36. The second-order valence-electron chi connectivity index (χ2n) is 4.87. The number of hydrogen-bond acceptors (Lipinski definition) is 2. The molecule has 0 radical (unpaired) electrons. The number of aryl methyl sites for hydroxylation is 1. The standard InChI is InChI=1S/C16H15BrFNO2/c1-9-3-4-11(16(20)21)7-15(9)19-10(2)13-6-5-12(18)8-14(13)17/h3-8,10,19H,1-2H3,(H,20,21). The maximum Gasteiger partial charge on any atom is 0.335 e. The fourth-order valence-electron chi connectivity index (χ4n) is 2.07. The highest BCUT2D eigenvalue weighted by atomic mass is 79.9. The van der Waals surface area contributed by atoms with Crippen molar-refractivity contribution in [3.63, 3.8) is 0 Å². The molecule has 2 aromatic rings. The number of anilines is 1. The lowest BCUT2D eigenvalue weighted by Gasteiger charge is -2.19. The summed E-state index contributed by atoms with van der Waals surface area (Å²) < 4.78 is 13.8. The van der Waals surface area contributed by atoms with Gasteiger partial charge in [0.2, 0.25) is 0 Å². The second-order valence-corrected chi connectivity index (χ2v) is 5.72. The Balaban J connectivity index is 2.28. The Bertz CT molecular complexity index is 688. The first-order valence-corrected chi connectivity index (χ1v) is 7.23. The van der Waals surface area contributed by atoms with E-state index in [4.69, 9.17) is 5.11 Å². The van der Waals surface area contributed by atoms with E-state index in [-0.39, 0.29) is 17.4 Å². The first-order valence-electron chi connectivity index (χ1n) is 6.44. The van der Waals surface area contributed by atoms with Crippen molar-refractivity contribution in [2.75, 3.05) is 5.32 Å². The van der Waals surface area contributed by atoms with E-state index < -0.39 is 5.97 Å². The van der Waals surface area contributed by atoms with Crippen molar-refractivity contribution >= 4 is 27.6 Å². The summed E-state index contributed by atoms with van der Waals surface area (Å²) in [7, 11) is 0. The molecule has 2 aromatic carbocycles. The molecule has 2 N–H and O–H groups in total. The van der Waals surface area contributed by atoms with Crippen molar-refractivity contribution < 1.29 is 14.3 Å². The van der Waals surface area contributed by atoms with Crippen molar-refractivity contribution in [3.8, 4) is 0 Å². The third kappa shape index (κ3) is 3.61. The molecule has 0 bridgehead atoms. The highest BCUT2D eigenvalue weighted by Gasteiger charge is 2.12. The lowest BCUT2D eigenvalue weighted by atomic mass is 10.1. The minimum absolute atomic E-state index is 0.0947. The van der Waals surface area contributed by atoms with E-state index in [0.29, 0.717) is 4.47 Å². The number of carbonyl (C=O) groups is 1. The van der Waals surface area contributed by atoms with Crippen molar-refractivity contribution in [1.82, 2.24) is 0 Å². The van der Waals surface area contributed by atoms with Gasteiger partial charge in [0.1, 0.15) is 5.82 Å². The summed E-state index contributed by atoms with van der Waals surface area (Å²) in [5, 5.41) is 12.3. The molecule has 21 heavy (non-hydrogen) atoms. The van der Waals surface area contributed by atoms with Gasteiger partial charge in [-0.25, -0.2) is 9.18 Å². The lowest BCUT2D eigenvalue weighted by Crippen LogP contribution is -2.09. The maximum atomic E-state index is 13.1. The predicted octanol–water partition coefficient (Wildman–Crippen LogP) is 4.77. The molecular weight excluding hydrogens is 337 g/mol. The summed E-state index contributed by atoms with van der Waals surface area (Å²) in [6.45, 7) is 3.84. The van der Waals surface area contributed by atoms with E-state index >= 15 is 0 Å². The van der Waals surface area contributed by atoms with Crippen LogP contribution in [0.2, 0.25) is 0 Å². The fraction of sp³-hybridized carbons (Fsp3) is 0.188. The highest BCUT2D eigenvalue weighted by Crippen LogP contribution is 2.28. The molecule has 3 nitrogen and oxygen atoms in total. The van der Waals surface area contributed by atoms with Gasteiger partial charge < -0.3 is 10.4 Å². The zero-order valence-corrected chi connectivity index (χ0v) is 13.2. The van der Waals surface area contributed by atoms with Gasteiger partial charge in [0.15, 0.2) is 0 Å². The summed E-state index contributed by atoms with van der Waals surface area (Å²) >= 11 is 3.34. The molecule has 2 rings (SSSR count). The Morgan fingerprint density at radius 2 is 2.00 bits per heavy atom. The Morgan fingerprint density at radius 3 is 2.62 bits per heavy atom. The summed E-state index contributed by atoms with van der Waals surface area (Å²) in [6.07, 6.45) is 0. The third-order valence-corrected chi connectivity index (χ3v) is 3.97. The van der Waals surface area contributed by atoms with Crippen LogP contribution in [-0.4, -0.2) is 11.1 Å². The van der Waals surface area contributed by atoms with Crippen LogP contribution in [0.1, 0.15) is 34.5 Å². The lowest BCUT2D eigenvalue weighted by molar-refractivity contribution is 0.0697. The Kier molecular flexibility index (Phi) is 4.63. The average Bonchev–Trinajstić information content (AvgIpc) is 2.40. The number of nitrogens with one attached hydrogen (secondary N) is 1. The molecule has 1 unspecified atom stereocenters. The number of halogens is 2. The number of hydrogen-bond donors (Lipinski definition) is 2. The van der Waals surface area contributed by atoms with E-state index in [1.165, 1.54) is 12.1 Å². The van der Waals surface area contributed by atoms with Crippen LogP contribution in [0.15, 0.2) is 40.9 Å². The molecule has 0 saturated carbocycles. The van der Waals surface area contributed by atoms with Crippen LogP contribution in [0.3, 0.4) is 0 Å². The monoisotopic (exact) mass is 351 g/mol. The van der Waals surface area contributed by atoms with Crippen LogP contribution in [-0.2, 0) is 0 Å². The molecule has 0 fully saturated rings. The normalized spacial score (nSPS) is 12.0. The van der Waals surface area contributed by atoms with Gasteiger partial charge in [-0.05, 0) is 49.2 Å². The highest BCUT2D eigenvalue weighted by molar-refractivity contribution is 9.10. The smallest absolute Gasteiger partial charge is 0.335 e. The Hall–Kier alpha value is -1.88. The summed E-state index contributed by atoms with van der Waals surface area (Å²) in [4.78, 5) is 11.0. The molecule has 0 amide bonds. The molecular formula is C16H15BrFNO2. The van der Waals surface area contributed by atoms with E-state index in [2.05, 4.69) is 21.2 Å². The van der Waals surface area contributed by atoms with Crippen LogP contribution in [0.25, 0.3) is 0 Å². The first-order chi connectivity index (χ1) is 9.88. The Labute approximate surface area is 130 Å². The third-order valence-electron chi connectivity index (χ3n) is 3.29. The van der Waals surface area contributed by atoms with E-state index in [0.717, 1.165) is 16.8 Å². The van der Waals surface area contributed by atoms with Gasteiger partial charge in [0, 0.05) is 16.2 Å². The van der Waals surface area contributed by atoms with Crippen LogP contribution >= 0.6 is 15.9 Å². The van der Waals surface area contributed by atoms with Gasteiger partial charge in [-0.1, -0.05) is 28.1 Å². The summed E-state index contributed by atoms with van der Waals surface area (Å²) in [5.41, 5.74) is 2.83. The predicted molar refractivity (Wildman–Crippen MR) is 84.3 cm³/mol. The quantitative estimate of drug-likeness (QED) is 0.834. The molecule has 0 aliphatic carbocycles. The average molecular weight is 352 g/mol. The van der Waals surface area contributed by atoms with Crippen LogP contribution < -0.4 is 5.32 Å². The fourth-order valence-corrected chi connectivity index (χ4v) is 2.77. The Morgan fingerprint density at radius 1 is 1.29 bits per heavy atom. The zero-order chi connectivity index (χ0) is 15.6. The van der Waals surface area contributed by atoms with Gasteiger partial charge in [0.25, 0.3) is 0 Å². The number of carboxylic acid groups (broad SMARTS) is 1. The molecule has 1 atom stereocenters. The molecule has 0 aliphatic heterocycles. The number of benzene rings is 2. The number of rotatable bonds is 4. The molecule has 110 valence electrons. The van der Waals surface area contributed by atoms with Gasteiger partial charge in [-0.2, -0.15) is 0 Å². The van der Waals surface area contributed by atoms with Crippen molar-refractivity contribution in [1.29, 1.82) is 0 Å². The minimum atomic E-state index is -0.964. The first kappa shape index (κ1) is 15.5. The van der Waals surface area contributed by atoms with Crippen LogP contribution in [0.4, 0.5) is 10.1 Å². The van der Waals surface area contributed by atoms with Crippen molar-refractivity contribution in [2.45, 2.75) is 19.9 Å². The largest absolute Gasteiger partial charge is 0.478 e. The molecule has 0 aromatic heterocycles. The van der Waals surface area contributed by atoms with E-state index in [9.17, 15) is 9.18 Å². The molecule has 5 heteroatoms. The van der Waals surface area contributed by atoms with Gasteiger partial charge in [-0.15, -0.1) is 0 Å². The number of carboxylic acids is 1. The molecule has 0 spiro atoms. The van der Waals surface area contributed by atoms with Crippen LogP contribution in [0.5, 0.6) is 0 Å². The van der Waals surface area contributed by atoms with E-state index in [1.54, 1.807) is 24.3 Å². The second kappa shape index (κ2) is 6.26. The van der Waals surface area contributed by atoms with Gasteiger partial charge >= 0.3 is 5.97 Å². The topological polar surface area (TPSA) is 49.3 Å². The number of aromatic carboxylic acids is 1. The summed E-state index contributed by atoms with van der Waals surface area (Å²) in [5.74, 6) is -1.27. The maximum absolute atomic E-state index is 13.1.